The number of nitriles is 1. The summed E-state index contributed by atoms with van der Waals surface area (Å²) >= 11 is 0. The van der Waals surface area contributed by atoms with Gasteiger partial charge in [-0.25, -0.2) is 0 Å². The van der Waals surface area contributed by atoms with Crippen LogP contribution in [-0.2, 0) is 0 Å². The molecule has 1 aromatic heterocycles. The number of hydrogen-bond acceptors (Lipinski definition) is 5. The predicted octanol–water partition coefficient (Wildman–Crippen LogP) is 1.33. The fourth-order valence-electron chi connectivity index (χ4n) is 1.12. The third-order valence-electron chi connectivity index (χ3n) is 1.77. The number of rotatable bonds is 3. The summed E-state index contributed by atoms with van der Waals surface area (Å²) in [6, 6.07) is 2.03. The maximum absolute atomic E-state index is 8.82. The molecule has 0 amide bonds. The van der Waals surface area contributed by atoms with Crippen LogP contribution in [0.15, 0.2) is 4.52 Å². The van der Waals surface area contributed by atoms with E-state index < -0.39 is 5.54 Å². The topological polar surface area (TPSA) is 74.7 Å². The van der Waals surface area contributed by atoms with E-state index in [1.165, 1.54) is 0 Å². The maximum Gasteiger partial charge on any atom is 0.243 e. The van der Waals surface area contributed by atoms with Crippen LogP contribution in [0.25, 0.3) is 0 Å². The van der Waals surface area contributed by atoms with E-state index in [1.54, 1.807) is 20.8 Å². The van der Waals surface area contributed by atoms with Crippen LogP contribution in [0.5, 0.6) is 0 Å². The summed E-state index contributed by atoms with van der Waals surface area (Å²) in [5.41, 5.74) is -0.595. The second-order valence-electron chi connectivity index (χ2n) is 3.78. The van der Waals surface area contributed by atoms with Gasteiger partial charge in [-0.15, -0.1) is 0 Å². The highest BCUT2D eigenvalue weighted by Crippen LogP contribution is 2.13. The minimum atomic E-state index is -0.595. The fourth-order valence-corrected chi connectivity index (χ4v) is 1.12. The van der Waals surface area contributed by atoms with Gasteiger partial charge < -0.3 is 4.52 Å². The summed E-state index contributed by atoms with van der Waals surface area (Å²) in [6.45, 7) is 7.24. The van der Waals surface area contributed by atoms with Crippen molar-refractivity contribution in [1.29, 1.82) is 5.26 Å². The smallest absolute Gasteiger partial charge is 0.243 e. The molecule has 0 bridgehead atoms. The molecule has 0 saturated carbocycles. The molecule has 5 heteroatoms. The van der Waals surface area contributed by atoms with Crippen LogP contribution in [-0.4, -0.2) is 15.7 Å². The molecule has 0 spiro atoms. The van der Waals surface area contributed by atoms with Gasteiger partial charge in [0.25, 0.3) is 0 Å². The molecule has 1 aromatic rings. The largest absolute Gasteiger partial charge is 0.338 e. The van der Waals surface area contributed by atoms with Crippen molar-refractivity contribution in [2.75, 3.05) is 0 Å². The lowest BCUT2D eigenvalue weighted by molar-refractivity contribution is 0.312. The maximum atomic E-state index is 8.82. The van der Waals surface area contributed by atoms with Crippen molar-refractivity contribution in [3.8, 4) is 6.07 Å². The molecule has 0 radical (unpaired) electrons. The Bertz CT molecular complexity index is 350. The highest BCUT2D eigenvalue weighted by molar-refractivity contribution is 5.03. The molecule has 0 aliphatic heterocycles. The summed E-state index contributed by atoms with van der Waals surface area (Å²) < 4.78 is 4.98. The van der Waals surface area contributed by atoms with Gasteiger partial charge in [0.05, 0.1) is 12.1 Å². The molecule has 1 N–H and O–H groups in total. The van der Waals surface area contributed by atoms with E-state index >= 15 is 0 Å². The first-order valence-electron chi connectivity index (χ1n) is 4.44. The van der Waals surface area contributed by atoms with Crippen LogP contribution in [0.3, 0.4) is 0 Å². The molecule has 1 atom stereocenters. The molecule has 0 aliphatic carbocycles. The van der Waals surface area contributed by atoms with Gasteiger partial charge in [0, 0.05) is 0 Å². The standard InChI is InChI=1S/C9H14N4O/c1-6(12-9(3,4)5-10)8-11-7(2)13-14-8/h6,12H,1-4H3. The minimum absolute atomic E-state index is 0.120. The van der Waals surface area contributed by atoms with Gasteiger partial charge in [0.15, 0.2) is 5.82 Å². The third kappa shape index (κ3) is 2.54. The van der Waals surface area contributed by atoms with Gasteiger partial charge in [-0.3, -0.25) is 5.32 Å². The van der Waals surface area contributed by atoms with Gasteiger partial charge in [-0.05, 0) is 27.7 Å². The molecule has 0 saturated heterocycles. The summed E-state index contributed by atoms with van der Waals surface area (Å²) in [4.78, 5) is 4.08. The second-order valence-corrected chi connectivity index (χ2v) is 3.78. The Kier molecular flexibility index (Phi) is 2.87. The summed E-state index contributed by atoms with van der Waals surface area (Å²) in [6.07, 6.45) is 0. The highest BCUT2D eigenvalue weighted by atomic mass is 16.5. The van der Waals surface area contributed by atoms with Crippen molar-refractivity contribution < 1.29 is 4.52 Å². The van der Waals surface area contributed by atoms with Crippen molar-refractivity contribution >= 4 is 0 Å². The summed E-state index contributed by atoms with van der Waals surface area (Å²) in [5.74, 6) is 1.11. The lowest BCUT2D eigenvalue weighted by Crippen LogP contribution is -2.39. The molecule has 1 unspecified atom stereocenters. The molecule has 14 heavy (non-hydrogen) atoms. The Labute approximate surface area is 83.1 Å². The Balaban J connectivity index is 2.69. The number of aryl methyl sites for hydroxylation is 1. The Morgan fingerprint density at radius 1 is 1.57 bits per heavy atom. The zero-order chi connectivity index (χ0) is 10.8. The molecule has 1 rings (SSSR count). The van der Waals surface area contributed by atoms with Crippen molar-refractivity contribution in [2.24, 2.45) is 0 Å². The minimum Gasteiger partial charge on any atom is -0.338 e. The Hall–Kier alpha value is -1.41. The average Bonchev–Trinajstić information content (AvgIpc) is 2.51. The molecule has 0 fully saturated rings. The second kappa shape index (κ2) is 3.76. The number of nitrogens with one attached hydrogen (secondary N) is 1. The highest BCUT2D eigenvalue weighted by Gasteiger charge is 2.22. The first kappa shape index (κ1) is 10.7. The normalized spacial score (nSPS) is 13.6. The SMILES string of the molecule is Cc1noc(C(C)NC(C)(C)C#N)n1. The van der Waals surface area contributed by atoms with Crippen molar-refractivity contribution in [3.05, 3.63) is 11.7 Å². The third-order valence-corrected chi connectivity index (χ3v) is 1.77. The van der Waals surface area contributed by atoms with Crippen LogP contribution >= 0.6 is 0 Å². The zero-order valence-corrected chi connectivity index (χ0v) is 8.83. The van der Waals surface area contributed by atoms with Crippen LogP contribution in [0, 0.1) is 18.3 Å². The lowest BCUT2D eigenvalue weighted by Gasteiger charge is -2.20. The van der Waals surface area contributed by atoms with E-state index in [9.17, 15) is 0 Å². The first-order valence-corrected chi connectivity index (χ1v) is 4.44. The number of hydrogen-bond donors (Lipinski definition) is 1. The average molecular weight is 194 g/mol. The van der Waals surface area contributed by atoms with E-state index in [0.29, 0.717) is 11.7 Å². The van der Waals surface area contributed by atoms with Gasteiger partial charge in [0.1, 0.15) is 5.54 Å². The van der Waals surface area contributed by atoms with E-state index in [2.05, 4.69) is 21.5 Å². The zero-order valence-electron chi connectivity index (χ0n) is 8.83. The van der Waals surface area contributed by atoms with Gasteiger partial charge >= 0.3 is 0 Å². The lowest BCUT2D eigenvalue weighted by atomic mass is 10.1. The number of nitrogens with zero attached hydrogens (tertiary/aromatic N) is 3. The van der Waals surface area contributed by atoms with Gasteiger partial charge in [0.2, 0.25) is 5.89 Å². The van der Waals surface area contributed by atoms with E-state index in [4.69, 9.17) is 9.78 Å². The van der Waals surface area contributed by atoms with Crippen LogP contribution in [0.2, 0.25) is 0 Å². The van der Waals surface area contributed by atoms with Crippen LogP contribution < -0.4 is 5.32 Å². The quantitative estimate of drug-likeness (QED) is 0.785. The van der Waals surface area contributed by atoms with Crippen LogP contribution in [0.1, 0.15) is 38.5 Å². The predicted molar refractivity (Wildman–Crippen MR) is 50.3 cm³/mol. The fraction of sp³-hybridized carbons (Fsp3) is 0.667. The van der Waals surface area contributed by atoms with Crippen LogP contribution in [0.4, 0.5) is 0 Å². The van der Waals surface area contributed by atoms with E-state index in [0.717, 1.165) is 0 Å². The molecule has 1 heterocycles. The molecule has 0 aliphatic rings. The van der Waals surface area contributed by atoms with E-state index in [-0.39, 0.29) is 6.04 Å². The first-order chi connectivity index (χ1) is 6.44. The molecular weight excluding hydrogens is 180 g/mol. The van der Waals surface area contributed by atoms with E-state index in [1.807, 2.05) is 6.92 Å². The molecule has 5 nitrogen and oxygen atoms in total. The molecule has 0 aromatic carbocycles. The Morgan fingerprint density at radius 3 is 2.64 bits per heavy atom. The van der Waals surface area contributed by atoms with Gasteiger partial charge in [-0.2, -0.15) is 10.2 Å². The number of aromatic nitrogens is 2. The van der Waals surface area contributed by atoms with Gasteiger partial charge in [-0.1, -0.05) is 5.16 Å². The Morgan fingerprint density at radius 2 is 2.21 bits per heavy atom. The van der Waals surface area contributed by atoms with Crippen molar-refractivity contribution in [3.63, 3.8) is 0 Å². The molecular formula is C9H14N4O. The summed E-state index contributed by atoms with van der Waals surface area (Å²) in [7, 11) is 0. The summed E-state index contributed by atoms with van der Waals surface area (Å²) in [5, 5.41) is 15.6. The molecule has 76 valence electrons. The van der Waals surface area contributed by atoms with Crippen molar-refractivity contribution in [1.82, 2.24) is 15.5 Å². The monoisotopic (exact) mass is 194 g/mol. The van der Waals surface area contributed by atoms with Crippen molar-refractivity contribution in [2.45, 2.75) is 39.3 Å².